The molecule has 0 saturated carbocycles. The molecule has 158 valence electrons. The van der Waals surface area contributed by atoms with Crippen LogP contribution in [0.3, 0.4) is 0 Å². The first kappa shape index (κ1) is 21.8. The number of benzene rings is 4. The molecule has 0 spiro atoms. The van der Waals surface area contributed by atoms with Gasteiger partial charge in [-0.15, -0.1) is 0 Å². The van der Waals surface area contributed by atoms with Crippen LogP contribution in [-0.2, 0) is 6.42 Å². The van der Waals surface area contributed by atoms with Gasteiger partial charge >= 0.3 is 0 Å². The first-order chi connectivity index (χ1) is 15.6. The molecule has 0 aliphatic heterocycles. The molecule has 0 heterocycles. The third-order valence-electron chi connectivity index (χ3n) is 5.36. The SMILES string of the molecule is C/C=C/CCc1ccccc1-c1ccc2c(F)c(C#Cc3ccc(Cl)c(F)c3)ccc2c1. The summed E-state index contributed by atoms with van der Waals surface area (Å²) >= 11 is 5.70. The van der Waals surface area contributed by atoms with E-state index in [4.69, 9.17) is 11.6 Å². The second-order valence-electron chi connectivity index (χ2n) is 7.51. The minimum Gasteiger partial charge on any atom is -0.205 e. The number of hydrogen-bond acceptors (Lipinski definition) is 0. The maximum atomic E-state index is 15.1. The van der Waals surface area contributed by atoms with E-state index in [1.165, 1.54) is 17.7 Å². The Morgan fingerprint density at radius 3 is 2.56 bits per heavy atom. The van der Waals surface area contributed by atoms with E-state index in [0.717, 1.165) is 29.4 Å². The normalized spacial score (nSPS) is 11.0. The molecular formula is C29H21ClF2. The number of rotatable bonds is 4. The third-order valence-corrected chi connectivity index (χ3v) is 5.67. The quantitative estimate of drug-likeness (QED) is 0.220. The van der Waals surface area contributed by atoms with Crippen LogP contribution in [-0.4, -0.2) is 0 Å². The molecule has 4 aromatic rings. The van der Waals surface area contributed by atoms with Crippen LogP contribution in [0.25, 0.3) is 21.9 Å². The molecule has 0 bridgehead atoms. The van der Waals surface area contributed by atoms with E-state index in [2.05, 4.69) is 36.1 Å². The second kappa shape index (κ2) is 9.81. The lowest BCUT2D eigenvalue weighted by Crippen LogP contribution is -1.91. The monoisotopic (exact) mass is 442 g/mol. The highest BCUT2D eigenvalue weighted by Crippen LogP contribution is 2.30. The van der Waals surface area contributed by atoms with Crippen molar-refractivity contribution in [2.24, 2.45) is 0 Å². The predicted octanol–water partition coefficient (Wildman–Crippen LogP) is 8.35. The van der Waals surface area contributed by atoms with Crippen molar-refractivity contribution in [3.05, 3.63) is 118 Å². The highest BCUT2D eigenvalue weighted by Gasteiger charge is 2.09. The van der Waals surface area contributed by atoms with Crippen molar-refractivity contribution < 1.29 is 8.78 Å². The summed E-state index contributed by atoms with van der Waals surface area (Å²) in [4.78, 5) is 0. The van der Waals surface area contributed by atoms with Gasteiger partial charge in [-0.1, -0.05) is 78.1 Å². The second-order valence-corrected chi connectivity index (χ2v) is 7.91. The first-order valence-electron chi connectivity index (χ1n) is 10.5. The smallest absolute Gasteiger partial charge is 0.146 e. The standard InChI is InChI=1S/C29H21ClF2/c1-2-3-4-7-21-8-5-6-9-25(21)23-15-16-26-24(19-23)14-13-22(29(26)32)12-10-20-11-17-27(30)28(31)18-20/h2-3,5-6,8-9,11,13-19H,4,7H2,1H3/b3-2+. The fraction of sp³-hybridized carbons (Fsp3) is 0.103. The number of hydrogen-bond donors (Lipinski definition) is 0. The van der Waals surface area contributed by atoms with Gasteiger partial charge < -0.3 is 0 Å². The summed E-state index contributed by atoms with van der Waals surface area (Å²) in [5, 5.41) is 1.35. The van der Waals surface area contributed by atoms with E-state index >= 15 is 4.39 Å². The van der Waals surface area contributed by atoms with Gasteiger partial charge in [0.15, 0.2) is 0 Å². The molecule has 0 unspecified atom stereocenters. The van der Waals surface area contributed by atoms with Crippen molar-refractivity contribution in [3.63, 3.8) is 0 Å². The van der Waals surface area contributed by atoms with Crippen LogP contribution in [0.5, 0.6) is 0 Å². The maximum absolute atomic E-state index is 15.1. The van der Waals surface area contributed by atoms with Crippen LogP contribution < -0.4 is 0 Å². The van der Waals surface area contributed by atoms with Crippen LogP contribution in [0.4, 0.5) is 8.78 Å². The molecule has 0 aliphatic rings. The molecular weight excluding hydrogens is 422 g/mol. The summed E-state index contributed by atoms with van der Waals surface area (Å²) in [7, 11) is 0. The molecule has 4 rings (SSSR count). The molecule has 0 radical (unpaired) electrons. The summed E-state index contributed by atoms with van der Waals surface area (Å²) in [5.74, 6) is 4.70. The number of allylic oxidation sites excluding steroid dienone is 2. The Kier molecular flexibility index (Phi) is 6.69. The molecule has 0 aliphatic carbocycles. The molecule has 32 heavy (non-hydrogen) atoms. The first-order valence-corrected chi connectivity index (χ1v) is 10.8. The van der Waals surface area contributed by atoms with E-state index in [1.807, 2.05) is 37.3 Å². The zero-order chi connectivity index (χ0) is 22.5. The van der Waals surface area contributed by atoms with Gasteiger partial charge in [0.2, 0.25) is 0 Å². The van der Waals surface area contributed by atoms with Crippen LogP contribution in [0.2, 0.25) is 5.02 Å². The van der Waals surface area contributed by atoms with Gasteiger partial charge in [0.25, 0.3) is 0 Å². The molecule has 0 nitrogen and oxygen atoms in total. The molecule has 0 atom stereocenters. The zero-order valence-corrected chi connectivity index (χ0v) is 18.4. The third kappa shape index (κ3) is 4.74. The average Bonchev–Trinajstić information content (AvgIpc) is 2.81. The van der Waals surface area contributed by atoms with E-state index in [1.54, 1.807) is 18.2 Å². The molecule has 0 amide bonds. The Labute approximate surface area is 192 Å². The topological polar surface area (TPSA) is 0 Å². The van der Waals surface area contributed by atoms with Crippen molar-refractivity contribution in [3.8, 4) is 23.0 Å². The Hall–Kier alpha value is -3.41. The molecule has 0 aromatic heterocycles. The van der Waals surface area contributed by atoms with Crippen LogP contribution >= 0.6 is 11.6 Å². The predicted molar refractivity (Wildman–Crippen MR) is 130 cm³/mol. The van der Waals surface area contributed by atoms with Crippen LogP contribution in [0.1, 0.15) is 30.0 Å². The fourth-order valence-electron chi connectivity index (χ4n) is 3.69. The molecule has 4 aromatic carbocycles. The average molecular weight is 443 g/mol. The number of halogens is 3. The number of fused-ring (bicyclic) bond motifs is 1. The summed E-state index contributed by atoms with van der Waals surface area (Å²) in [5.41, 5.74) is 4.20. The highest BCUT2D eigenvalue weighted by molar-refractivity contribution is 6.30. The lowest BCUT2D eigenvalue weighted by molar-refractivity contribution is 0.628. The summed E-state index contributed by atoms with van der Waals surface area (Å²) in [6, 6.07) is 21.9. The lowest BCUT2D eigenvalue weighted by atomic mass is 9.94. The van der Waals surface area contributed by atoms with Gasteiger partial charge in [0.1, 0.15) is 11.6 Å². The molecule has 3 heteroatoms. The van der Waals surface area contributed by atoms with Crippen molar-refractivity contribution in [1.82, 2.24) is 0 Å². The van der Waals surface area contributed by atoms with E-state index < -0.39 is 5.82 Å². The van der Waals surface area contributed by atoms with E-state index in [0.29, 0.717) is 10.9 Å². The maximum Gasteiger partial charge on any atom is 0.146 e. The van der Waals surface area contributed by atoms with Gasteiger partial charge in [0, 0.05) is 10.9 Å². The fourth-order valence-corrected chi connectivity index (χ4v) is 3.81. The van der Waals surface area contributed by atoms with E-state index in [9.17, 15) is 4.39 Å². The number of aryl methyl sites for hydroxylation is 1. The summed E-state index contributed by atoms with van der Waals surface area (Å²) in [6.07, 6.45) is 6.15. The van der Waals surface area contributed by atoms with Gasteiger partial charge in [0.05, 0.1) is 10.6 Å². The summed E-state index contributed by atoms with van der Waals surface area (Å²) in [6.45, 7) is 2.02. The van der Waals surface area contributed by atoms with Gasteiger partial charge in [-0.05, 0) is 72.2 Å². The summed E-state index contributed by atoms with van der Waals surface area (Å²) < 4.78 is 28.7. The van der Waals surface area contributed by atoms with Crippen molar-refractivity contribution >= 4 is 22.4 Å². The van der Waals surface area contributed by atoms with Crippen LogP contribution in [0.15, 0.2) is 84.9 Å². The van der Waals surface area contributed by atoms with E-state index in [-0.39, 0.29) is 16.4 Å². The van der Waals surface area contributed by atoms with Crippen LogP contribution in [0, 0.1) is 23.5 Å². The van der Waals surface area contributed by atoms with Gasteiger partial charge in [-0.3, -0.25) is 0 Å². The van der Waals surface area contributed by atoms with Crippen molar-refractivity contribution in [1.29, 1.82) is 0 Å². The Morgan fingerprint density at radius 1 is 0.906 bits per heavy atom. The lowest BCUT2D eigenvalue weighted by Gasteiger charge is -2.11. The molecule has 0 saturated heterocycles. The van der Waals surface area contributed by atoms with Crippen molar-refractivity contribution in [2.45, 2.75) is 19.8 Å². The Bertz CT molecular complexity index is 1370. The highest BCUT2D eigenvalue weighted by atomic mass is 35.5. The van der Waals surface area contributed by atoms with Gasteiger partial charge in [-0.2, -0.15) is 0 Å². The molecule has 0 fully saturated rings. The van der Waals surface area contributed by atoms with Gasteiger partial charge in [-0.25, -0.2) is 8.78 Å². The minimum absolute atomic E-state index is 0.0339. The Balaban J connectivity index is 1.68. The largest absolute Gasteiger partial charge is 0.205 e. The zero-order valence-electron chi connectivity index (χ0n) is 17.6. The van der Waals surface area contributed by atoms with Crippen molar-refractivity contribution in [2.75, 3.05) is 0 Å². The minimum atomic E-state index is -0.545. The molecule has 0 N–H and O–H groups in total. The Morgan fingerprint density at radius 2 is 1.75 bits per heavy atom.